The number of nitrogens with zero attached hydrogens (tertiary/aromatic N) is 2. The molecule has 4 atom stereocenters. The summed E-state index contributed by atoms with van der Waals surface area (Å²) in [5.74, 6) is -1.59. The predicted octanol–water partition coefficient (Wildman–Crippen LogP) is 1.83. The molecule has 2 aromatic rings. The molecule has 0 unspecified atom stereocenters. The maximum absolute atomic E-state index is 14.0. The van der Waals surface area contributed by atoms with Crippen LogP contribution in [0.1, 0.15) is 69.9 Å². The zero-order valence-corrected chi connectivity index (χ0v) is 30.9. The van der Waals surface area contributed by atoms with E-state index in [0.717, 1.165) is 17.5 Å². The van der Waals surface area contributed by atoms with E-state index in [1.165, 1.54) is 0 Å². The zero-order chi connectivity index (χ0) is 37.7. The molecule has 4 rings (SSSR count). The molecule has 0 bridgehead atoms. The summed E-state index contributed by atoms with van der Waals surface area (Å²) in [7, 11) is 1.62. The lowest BCUT2D eigenvalue weighted by Crippen LogP contribution is -2.68. The van der Waals surface area contributed by atoms with Gasteiger partial charge in [-0.25, -0.2) is 4.79 Å². The second-order valence-corrected chi connectivity index (χ2v) is 14.6. The molecule has 2 aliphatic heterocycles. The van der Waals surface area contributed by atoms with E-state index in [4.69, 9.17) is 11.5 Å². The van der Waals surface area contributed by atoms with Crippen molar-refractivity contribution in [3.8, 4) is 0 Å². The smallest absolute Gasteiger partial charge is 0.317 e. The van der Waals surface area contributed by atoms with E-state index in [0.29, 0.717) is 71.1 Å². The van der Waals surface area contributed by atoms with Crippen LogP contribution in [0.3, 0.4) is 0 Å². The Bertz CT molecular complexity index is 1480. The topological polar surface area (TPSA) is 192 Å². The number of carbonyl (C=O) groups excluding carboxylic acids is 5. The maximum atomic E-state index is 14.0. The van der Waals surface area contributed by atoms with Crippen LogP contribution in [-0.4, -0.2) is 102 Å². The normalized spacial score (nSPS) is 17.3. The van der Waals surface area contributed by atoms with E-state index in [1.54, 1.807) is 11.9 Å². The van der Waals surface area contributed by atoms with Gasteiger partial charge < -0.3 is 42.5 Å². The quantitative estimate of drug-likeness (QED) is 0.134. The molecule has 2 aromatic carbocycles. The van der Waals surface area contributed by atoms with Gasteiger partial charge in [-0.3, -0.25) is 19.2 Å². The maximum Gasteiger partial charge on any atom is 0.317 e. The molecule has 52 heavy (non-hydrogen) atoms. The summed E-state index contributed by atoms with van der Waals surface area (Å²) in [6, 6.07) is 15.0. The van der Waals surface area contributed by atoms with Crippen molar-refractivity contribution >= 4 is 29.7 Å². The Kier molecular flexibility index (Phi) is 15.0. The van der Waals surface area contributed by atoms with Gasteiger partial charge in [-0.15, -0.1) is 0 Å². The first-order valence-electron chi connectivity index (χ1n) is 18.7. The Balaban J connectivity index is 1.46. The third-order valence-corrected chi connectivity index (χ3v) is 10.3. The van der Waals surface area contributed by atoms with Crippen molar-refractivity contribution in [1.29, 1.82) is 0 Å². The number of amides is 6. The highest BCUT2D eigenvalue weighted by atomic mass is 16.2. The number of nitrogens with two attached hydrogens (primary N) is 2. The molecule has 0 aromatic heterocycles. The SMILES string of the molecule is CNC(=O)N1CCC12CCN(C(=O)[C@@H](CCCCN)NC(=O)[C@@H](CC(C)C)NC(=O)[C@@H](Cc1ccccc1)NC(=O)[C@H](N)Cc1ccccc1)CC2. The standard InChI is InChI=1S/C39H58N8O5/c1-27(2)24-32(45-36(50)33(26-29-14-8-5-9-15-29)44-34(48)30(41)25-28-12-6-4-7-13-28)35(49)43-31(16-10-11-20-40)37(51)46-21-17-39(18-22-46)19-23-47(39)38(52)42-3/h4-9,12-15,27,30-33H,10-11,16-26,40-41H2,1-3H3,(H,42,52)(H,43,49)(H,44,48)(H,45,50)/t30-,31-,32-,33-/m1/s1. The van der Waals surface area contributed by atoms with Gasteiger partial charge in [0.15, 0.2) is 0 Å². The number of carbonyl (C=O) groups is 5. The van der Waals surface area contributed by atoms with Crippen LogP contribution in [0.2, 0.25) is 0 Å². The Labute approximate surface area is 308 Å². The van der Waals surface area contributed by atoms with Gasteiger partial charge in [0.25, 0.3) is 0 Å². The summed E-state index contributed by atoms with van der Waals surface area (Å²) in [5.41, 5.74) is 13.5. The van der Waals surface area contributed by atoms with Crippen LogP contribution in [0.15, 0.2) is 60.7 Å². The largest absolute Gasteiger partial charge is 0.343 e. The van der Waals surface area contributed by atoms with Crippen LogP contribution < -0.4 is 32.7 Å². The van der Waals surface area contributed by atoms with Crippen LogP contribution in [-0.2, 0) is 32.0 Å². The number of nitrogens with one attached hydrogen (secondary N) is 4. The van der Waals surface area contributed by atoms with Crippen molar-refractivity contribution in [2.24, 2.45) is 17.4 Å². The number of benzene rings is 2. The molecule has 1 spiro atoms. The van der Waals surface area contributed by atoms with E-state index in [1.807, 2.05) is 79.4 Å². The summed E-state index contributed by atoms with van der Waals surface area (Å²) >= 11 is 0. The lowest BCUT2D eigenvalue weighted by Gasteiger charge is -2.56. The van der Waals surface area contributed by atoms with E-state index in [-0.39, 0.29) is 29.8 Å². The van der Waals surface area contributed by atoms with Gasteiger partial charge in [-0.05, 0) is 75.0 Å². The molecule has 284 valence electrons. The molecule has 13 heteroatoms. The van der Waals surface area contributed by atoms with E-state index in [9.17, 15) is 24.0 Å². The minimum atomic E-state index is -0.997. The third-order valence-electron chi connectivity index (χ3n) is 10.3. The summed E-state index contributed by atoms with van der Waals surface area (Å²) in [4.78, 5) is 71.2. The first-order chi connectivity index (χ1) is 25.0. The Morgan fingerprint density at radius 1 is 0.731 bits per heavy atom. The summed E-state index contributed by atoms with van der Waals surface area (Å²) in [5, 5.41) is 11.4. The summed E-state index contributed by atoms with van der Waals surface area (Å²) in [6.07, 6.45) is 4.81. The molecule has 0 aliphatic carbocycles. The zero-order valence-electron chi connectivity index (χ0n) is 30.9. The lowest BCUT2D eigenvalue weighted by atomic mass is 9.76. The van der Waals surface area contributed by atoms with Crippen molar-refractivity contribution in [3.05, 3.63) is 71.8 Å². The van der Waals surface area contributed by atoms with Crippen LogP contribution in [0, 0.1) is 5.92 Å². The Hall–Kier alpha value is -4.49. The van der Waals surface area contributed by atoms with Gasteiger partial charge in [0.05, 0.1) is 6.04 Å². The second kappa shape index (κ2) is 19.4. The van der Waals surface area contributed by atoms with E-state index in [2.05, 4.69) is 21.3 Å². The lowest BCUT2D eigenvalue weighted by molar-refractivity contribution is -0.141. The van der Waals surface area contributed by atoms with Gasteiger partial charge in [0.1, 0.15) is 18.1 Å². The minimum absolute atomic E-state index is 0.0351. The van der Waals surface area contributed by atoms with Gasteiger partial charge >= 0.3 is 6.03 Å². The fraction of sp³-hybridized carbons (Fsp3) is 0.564. The minimum Gasteiger partial charge on any atom is -0.343 e. The predicted molar refractivity (Wildman–Crippen MR) is 201 cm³/mol. The van der Waals surface area contributed by atoms with Gasteiger partial charge in [0.2, 0.25) is 23.6 Å². The Morgan fingerprint density at radius 2 is 1.27 bits per heavy atom. The van der Waals surface area contributed by atoms with Crippen molar-refractivity contribution < 1.29 is 24.0 Å². The second-order valence-electron chi connectivity index (χ2n) is 14.6. The van der Waals surface area contributed by atoms with Crippen molar-refractivity contribution in [3.63, 3.8) is 0 Å². The number of hydrogen-bond acceptors (Lipinski definition) is 7. The molecule has 0 saturated carbocycles. The number of rotatable bonds is 17. The number of urea groups is 1. The van der Waals surface area contributed by atoms with Crippen LogP contribution in [0.5, 0.6) is 0 Å². The third kappa shape index (κ3) is 11.0. The molecule has 6 amide bonds. The van der Waals surface area contributed by atoms with E-state index >= 15 is 0 Å². The van der Waals surface area contributed by atoms with Crippen molar-refractivity contribution in [2.75, 3.05) is 33.2 Å². The molecule has 8 N–H and O–H groups in total. The molecule has 0 radical (unpaired) electrons. The molecule has 2 aliphatic rings. The fourth-order valence-corrected chi connectivity index (χ4v) is 7.17. The first-order valence-corrected chi connectivity index (χ1v) is 18.7. The fourth-order valence-electron chi connectivity index (χ4n) is 7.17. The first kappa shape index (κ1) is 40.3. The average molecular weight is 719 g/mol. The van der Waals surface area contributed by atoms with Gasteiger partial charge in [-0.1, -0.05) is 74.5 Å². The monoisotopic (exact) mass is 718 g/mol. The molecular weight excluding hydrogens is 660 g/mol. The number of piperidine rings is 1. The molecular formula is C39H58N8O5. The summed E-state index contributed by atoms with van der Waals surface area (Å²) < 4.78 is 0. The number of unbranched alkanes of at least 4 members (excludes halogenated alkanes) is 1. The average Bonchev–Trinajstić information content (AvgIpc) is 3.13. The highest BCUT2D eigenvalue weighted by molar-refractivity contribution is 5.95. The van der Waals surface area contributed by atoms with Crippen LogP contribution in [0.4, 0.5) is 4.79 Å². The van der Waals surface area contributed by atoms with E-state index < -0.39 is 41.9 Å². The van der Waals surface area contributed by atoms with Gasteiger partial charge in [0, 0.05) is 38.6 Å². The van der Waals surface area contributed by atoms with Crippen LogP contribution >= 0.6 is 0 Å². The highest BCUT2D eigenvalue weighted by Gasteiger charge is 2.49. The molecule has 2 heterocycles. The molecule has 13 nitrogen and oxygen atoms in total. The van der Waals surface area contributed by atoms with Gasteiger partial charge in [-0.2, -0.15) is 0 Å². The number of hydrogen-bond donors (Lipinski definition) is 6. The molecule has 2 saturated heterocycles. The molecule has 2 fully saturated rings. The van der Waals surface area contributed by atoms with Crippen LogP contribution in [0.25, 0.3) is 0 Å². The Morgan fingerprint density at radius 3 is 1.81 bits per heavy atom. The van der Waals surface area contributed by atoms with Crippen molar-refractivity contribution in [2.45, 2.75) is 101 Å². The summed E-state index contributed by atoms with van der Waals surface area (Å²) in [6.45, 7) is 6.03. The highest BCUT2D eigenvalue weighted by Crippen LogP contribution is 2.40. The number of likely N-dealkylation sites (tertiary alicyclic amines) is 2. The van der Waals surface area contributed by atoms with Crippen molar-refractivity contribution in [1.82, 2.24) is 31.1 Å².